The van der Waals surface area contributed by atoms with E-state index in [1.807, 2.05) is 0 Å². The molecule has 0 aromatic carbocycles. The first-order valence-corrected chi connectivity index (χ1v) is 4.85. The minimum absolute atomic E-state index is 0.182. The summed E-state index contributed by atoms with van der Waals surface area (Å²) in [6.45, 7) is -0.182. The van der Waals surface area contributed by atoms with Crippen molar-refractivity contribution in [3.05, 3.63) is 12.2 Å². The normalized spacial score (nSPS) is 13.3. The van der Waals surface area contributed by atoms with Crippen LogP contribution in [0.1, 0.15) is 32.1 Å². The summed E-state index contributed by atoms with van der Waals surface area (Å²) in [6.07, 6.45) is 6.25. The monoisotopic (exact) mass is 202 g/mol. The highest BCUT2D eigenvalue weighted by atomic mass is 16.4. The quantitative estimate of drug-likeness (QED) is 0.404. The van der Waals surface area contributed by atoms with Gasteiger partial charge in [0.05, 0.1) is 12.7 Å². The number of carboxylic acid groups (broad SMARTS) is 1. The number of aliphatic hydroxyl groups is 2. The van der Waals surface area contributed by atoms with Crippen LogP contribution in [-0.2, 0) is 4.79 Å². The molecule has 0 rings (SSSR count). The molecular formula is C10H18O4. The molecule has 0 aliphatic heterocycles. The van der Waals surface area contributed by atoms with Crippen LogP contribution >= 0.6 is 0 Å². The highest BCUT2D eigenvalue weighted by Gasteiger charge is 1.99. The van der Waals surface area contributed by atoms with Crippen LogP contribution in [-0.4, -0.2) is 34.0 Å². The van der Waals surface area contributed by atoms with E-state index in [1.54, 1.807) is 6.08 Å². The molecule has 0 amide bonds. The van der Waals surface area contributed by atoms with Crippen LogP contribution in [0, 0.1) is 0 Å². The molecule has 0 saturated carbocycles. The number of carboxylic acids is 1. The third-order valence-electron chi connectivity index (χ3n) is 1.88. The summed E-state index contributed by atoms with van der Waals surface area (Å²) in [7, 11) is 0. The number of aliphatic hydroxyl groups excluding tert-OH is 2. The lowest BCUT2D eigenvalue weighted by Gasteiger charge is -2.05. The van der Waals surface area contributed by atoms with Gasteiger partial charge in [0.2, 0.25) is 0 Å². The van der Waals surface area contributed by atoms with Gasteiger partial charge in [-0.05, 0) is 19.3 Å². The van der Waals surface area contributed by atoms with E-state index < -0.39 is 12.1 Å². The van der Waals surface area contributed by atoms with Gasteiger partial charge in [-0.25, -0.2) is 4.79 Å². The fraction of sp³-hybridized carbons (Fsp3) is 0.700. The molecule has 0 aliphatic rings. The maximum atomic E-state index is 10.1. The van der Waals surface area contributed by atoms with Gasteiger partial charge in [-0.2, -0.15) is 0 Å². The van der Waals surface area contributed by atoms with E-state index in [9.17, 15) is 4.79 Å². The molecule has 0 bridgehead atoms. The molecule has 82 valence electrons. The van der Waals surface area contributed by atoms with E-state index in [0.29, 0.717) is 6.42 Å². The Morgan fingerprint density at radius 2 is 2.00 bits per heavy atom. The fourth-order valence-corrected chi connectivity index (χ4v) is 1.09. The van der Waals surface area contributed by atoms with Gasteiger partial charge in [0.25, 0.3) is 0 Å². The van der Waals surface area contributed by atoms with Crippen LogP contribution in [0.4, 0.5) is 0 Å². The summed E-state index contributed by atoms with van der Waals surface area (Å²) < 4.78 is 0. The van der Waals surface area contributed by atoms with Crippen molar-refractivity contribution in [2.75, 3.05) is 6.61 Å². The molecule has 0 fully saturated rings. The fourth-order valence-electron chi connectivity index (χ4n) is 1.09. The first-order chi connectivity index (χ1) is 6.66. The van der Waals surface area contributed by atoms with Crippen LogP contribution in [0.15, 0.2) is 12.2 Å². The van der Waals surface area contributed by atoms with Crippen molar-refractivity contribution in [2.45, 2.75) is 38.2 Å². The van der Waals surface area contributed by atoms with E-state index >= 15 is 0 Å². The second-order valence-corrected chi connectivity index (χ2v) is 3.22. The third kappa shape index (κ3) is 9.22. The van der Waals surface area contributed by atoms with Crippen LogP contribution < -0.4 is 0 Å². The summed E-state index contributed by atoms with van der Waals surface area (Å²) in [6, 6.07) is 0. The average molecular weight is 202 g/mol. The van der Waals surface area contributed by atoms with E-state index in [2.05, 4.69) is 0 Å². The van der Waals surface area contributed by atoms with Gasteiger partial charge in [-0.1, -0.05) is 18.9 Å². The topological polar surface area (TPSA) is 77.8 Å². The van der Waals surface area contributed by atoms with Gasteiger partial charge in [0.15, 0.2) is 0 Å². The summed E-state index contributed by atoms with van der Waals surface area (Å²) in [5.74, 6) is -0.916. The molecule has 0 spiro atoms. The average Bonchev–Trinajstić information content (AvgIpc) is 2.15. The molecule has 1 unspecified atom stereocenters. The zero-order valence-corrected chi connectivity index (χ0v) is 8.22. The van der Waals surface area contributed by atoms with Gasteiger partial charge in [-0.15, -0.1) is 0 Å². The number of allylic oxidation sites excluding steroid dienone is 1. The minimum Gasteiger partial charge on any atom is -0.478 e. The van der Waals surface area contributed by atoms with Crippen molar-refractivity contribution in [3.8, 4) is 0 Å². The van der Waals surface area contributed by atoms with Crippen molar-refractivity contribution in [3.63, 3.8) is 0 Å². The van der Waals surface area contributed by atoms with Crippen LogP contribution in [0.5, 0.6) is 0 Å². The van der Waals surface area contributed by atoms with Gasteiger partial charge in [0, 0.05) is 6.08 Å². The summed E-state index contributed by atoms with van der Waals surface area (Å²) >= 11 is 0. The minimum atomic E-state index is -0.916. The molecule has 0 heterocycles. The second kappa shape index (κ2) is 8.72. The first-order valence-electron chi connectivity index (χ1n) is 4.85. The summed E-state index contributed by atoms with van der Waals surface area (Å²) in [4.78, 5) is 10.1. The highest BCUT2D eigenvalue weighted by Crippen LogP contribution is 2.05. The van der Waals surface area contributed by atoms with E-state index in [0.717, 1.165) is 31.8 Å². The number of aliphatic carboxylic acids is 1. The molecule has 0 aliphatic carbocycles. The Morgan fingerprint density at radius 1 is 1.29 bits per heavy atom. The number of carbonyl (C=O) groups is 1. The Bertz CT molecular complexity index is 177. The summed E-state index contributed by atoms with van der Waals surface area (Å²) in [5.41, 5.74) is 0. The Labute approximate surface area is 83.9 Å². The van der Waals surface area contributed by atoms with E-state index in [1.165, 1.54) is 0 Å². The lowest BCUT2D eigenvalue weighted by Crippen LogP contribution is -2.10. The Balaban J connectivity index is 3.18. The van der Waals surface area contributed by atoms with Crippen LogP contribution in [0.25, 0.3) is 0 Å². The van der Waals surface area contributed by atoms with Crippen molar-refractivity contribution in [1.82, 2.24) is 0 Å². The van der Waals surface area contributed by atoms with E-state index in [-0.39, 0.29) is 6.61 Å². The predicted molar refractivity (Wildman–Crippen MR) is 53.0 cm³/mol. The lowest BCUT2D eigenvalue weighted by molar-refractivity contribution is -0.131. The Hall–Kier alpha value is -0.870. The maximum Gasteiger partial charge on any atom is 0.327 e. The van der Waals surface area contributed by atoms with Gasteiger partial charge in [0.1, 0.15) is 0 Å². The molecule has 4 nitrogen and oxygen atoms in total. The van der Waals surface area contributed by atoms with Gasteiger partial charge < -0.3 is 15.3 Å². The predicted octanol–water partition coefficient (Wildman–Crippen LogP) is 0.931. The summed E-state index contributed by atoms with van der Waals surface area (Å²) in [5, 5.41) is 25.8. The van der Waals surface area contributed by atoms with Crippen molar-refractivity contribution >= 4 is 5.97 Å². The number of rotatable bonds is 8. The molecule has 0 aromatic heterocycles. The maximum absolute atomic E-state index is 10.1. The van der Waals surface area contributed by atoms with Crippen molar-refractivity contribution in [2.24, 2.45) is 0 Å². The van der Waals surface area contributed by atoms with Gasteiger partial charge >= 0.3 is 5.97 Å². The molecule has 4 heteroatoms. The standard InChI is InChI=1S/C10H18O4/c11-8-9(12)6-4-2-1-3-5-7-10(13)14/h5,7,9,11-12H,1-4,6,8H2,(H,13,14). The lowest BCUT2D eigenvalue weighted by atomic mass is 10.1. The zero-order valence-electron chi connectivity index (χ0n) is 8.22. The number of hydrogen-bond acceptors (Lipinski definition) is 3. The largest absolute Gasteiger partial charge is 0.478 e. The number of unbranched alkanes of at least 4 members (excludes halogenated alkanes) is 3. The Kier molecular flexibility index (Phi) is 8.17. The smallest absolute Gasteiger partial charge is 0.327 e. The van der Waals surface area contributed by atoms with Crippen LogP contribution in [0.3, 0.4) is 0 Å². The molecule has 14 heavy (non-hydrogen) atoms. The third-order valence-corrected chi connectivity index (χ3v) is 1.88. The van der Waals surface area contributed by atoms with E-state index in [4.69, 9.17) is 15.3 Å². The first kappa shape index (κ1) is 13.1. The van der Waals surface area contributed by atoms with Crippen LogP contribution in [0.2, 0.25) is 0 Å². The molecule has 3 N–H and O–H groups in total. The Morgan fingerprint density at radius 3 is 2.57 bits per heavy atom. The highest BCUT2D eigenvalue weighted by molar-refractivity contribution is 5.79. The number of hydrogen-bond donors (Lipinski definition) is 3. The van der Waals surface area contributed by atoms with Crippen molar-refractivity contribution in [1.29, 1.82) is 0 Å². The SMILES string of the molecule is O=C(O)C=CCCCCCC(O)CO. The zero-order chi connectivity index (χ0) is 10.8. The molecular weight excluding hydrogens is 184 g/mol. The molecule has 1 atom stereocenters. The molecule has 0 radical (unpaired) electrons. The molecule has 0 saturated heterocycles. The van der Waals surface area contributed by atoms with Crippen molar-refractivity contribution < 1.29 is 20.1 Å². The molecule has 0 aromatic rings. The second-order valence-electron chi connectivity index (χ2n) is 3.22. The van der Waals surface area contributed by atoms with Gasteiger partial charge in [-0.3, -0.25) is 0 Å².